The molecule has 0 saturated carbocycles. The quantitative estimate of drug-likeness (QED) is 0.918. The number of carbonyl (C=O) groups is 1. The van der Waals surface area contributed by atoms with E-state index in [-0.39, 0.29) is 11.7 Å². The van der Waals surface area contributed by atoms with Gasteiger partial charge in [-0.05, 0) is 69.0 Å². The SMILES string of the molecule is Cc1cc(C(=O)N(C)CCC2CCNCC2)ccc1F. The first-order chi connectivity index (χ1) is 9.58. The fraction of sp³-hybridized carbons (Fsp3) is 0.562. The number of aryl methyl sites for hydroxylation is 1. The van der Waals surface area contributed by atoms with Gasteiger partial charge in [-0.1, -0.05) is 0 Å². The summed E-state index contributed by atoms with van der Waals surface area (Å²) in [6.07, 6.45) is 3.43. The van der Waals surface area contributed by atoms with Crippen molar-refractivity contribution in [3.8, 4) is 0 Å². The molecule has 1 N–H and O–H groups in total. The van der Waals surface area contributed by atoms with Crippen molar-refractivity contribution in [1.29, 1.82) is 0 Å². The molecule has 4 heteroatoms. The minimum absolute atomic E-state index is 0.0259. The van der Waals surface area contributed by atoms with Crippen LogP contribution < -0.4 is 5.32 Å². The zero-order valence-corrected chi connectivity index (χ0v) is 12.3. The Labute approximate surface area is 120 Å². The van der Waals surface area contributed by atoms with Crippen LogP contribution in [0.15, 0.2) is 18.2 Å². The van der Waals surface area contributed by atoms with Crippen LogP contribution in [0.4, 0.5) is 4.39 Å². The van der Waals surface area contributed by atoms with E-state index in [2.05, 4.69) is 5.32 Å². The maximum Gasteiger partial charge on any atom is 0.253 e. The number of nitrogens with zero attached hydrogens (tertiary/aromatic N) is 1. The monoisotopic (exact) mass is 278 g/mol. The first kappa shape index (κ1) is 15.0. The van der Waals surface area contributed by atoms with E-state index in [1.165, 1.54) is 18.9 Å². The lowest BCUT2D eigenvalue weighted by Crippen LogP contribution is -2.32. The summed E-state index contributed by atoms with van der Waals surface area (Å²) in [5.74, 6) is 0.419. The predicted molar refractivity (Wildman–Crippen MR) is 78.3 cm³/mol. The van der Waals surface area contributed by atoms with E-state index in [9.17, 15) is 9.18 Å². The van der Waals surface area contributed by atoms with Gasteiger partial charge in [-0.25, -0.2) is 4.39 Å². The summed E-state index contributed by atoms with van der Waals surface area (Å²) in [5, 5.41) is 3.35. The molecule has 20 heavy (non-hydrogen) atoms. The van der Waals surface area contributed by atoms with Gasteiger partial charge < -0.3 is 10.2 Å². The Hall–Kier alpha value is -1.42. The van der Waals surface area contributed by atoms with E-state index in [0.29, 0.717) is 17.0 Å². The molecule has 1 aliphatic rings. The van der Waals surface area contributed by atoms with Crippen molar-refractivity contribution >= 4 is 5.91 Å². The number of nitrogens with one attached hydrogen (secondary N) is 1. The summed E-state index contributed by atoms with van der Waals surface area (Å²) in [7, 11) is 1.82. The lowest BCUT2D eigenvalue weighted by Gasteiger charge is -2.25. The topological polar surface area (TPSA) is 32.3 Å². The summed E-state index contributed by atoms with van der Waals surface area (Å²) in [6, 6.07) is 4.55. The number of amides is 1. The van der Waals surface area contributed by atoms with Crippen molar-refractivity contribution in [3.05, 3.63) is 35.1 Å². The highest BCUT2D eigenvalue weighted by Gasteiger charge is 2.17. The smallest absolute Gasteiger partial charge is 0.253 e. The molecule has 1 amide bonds. The molecule has 0 radical (unpaired) electrons. The van der Waals surface area contributed by atoms with E-state index in [4.69, 9.17) is 0 Å². The zero-order valence-electron chi connectivity index (χ0n) is 12.3. The highest BCUT2D eigenvalue weighted by atomic mass is 19.1. The average molecular weight is 278 g/mol. The number of piperidine rings is 1. The van der Waals surface area contributed by atoms with E-state index in [1.807, 2.05) is 7.05 Å². The van der Waals surface area contributed by atoms with Crippen LogP contribution in [0, 0.1) is 18.7 Å². The average Bonchev–Trinajstić information content (AvgIpc) is 2.48. The zero-order chi connectivity index (χ0) is 14.5. The van der Waals surface area contributed by atoms with Crippen LogP contribution in [-0.4, -0.2) is 37.5 Å². The number of halogens is 1. The highest BCUT2D eigenvalue weighted by Crippen LogP contribution is 2.17. The molecule has 0 aromatic heterocycles. The molecule has 1 aromatic carbocycles. The molecule has 1 saturated heterocycles. The van der Waals surface area contributed by atoms with Crippen molar-refractivity contribution in [3.63, 3.8) is 0 Å². The summed E-state index contributed by atoms with van der Waals surface area (Å²) < 4.78 is 13.2. The first-order valence-corrected chi connectivity index (χ1v) is 7.30. The molecule has 1 aromatic rings. The lowest BCUT2D eigenvalue weighted by atomic mass is 9.94. The molecular weight excluding hydrogens is 255 g/mol. The lowest BCUT2D eigenvalue weighted by molar-refractivity contribution is 0.0784. The van der Waals surface area contributed by atoms with Crippen molar-refractivity contribution in [2.24, 2.45) is 5.92 Å². The van der Waals surface area contributed by atoms with Gasteiger partial charge in [-0.2, -0.15) is 0 Å². The molecule has 1 heterocycles. The highest BCUT2D eigenvalue weighted by molar-refractivity contribution is 5.94. The van der Waals surface area contributed by atoms with Crippen LogP contribution in [-0.2, 0) is 0 Å². The summed E-state index contributed by atoms with van der Waals surface area (Å²) in [5.41, 5.74) is 1.08. The third kappa shape index (κ3) is 3.79. The van der Waals surface area contributed by atoms with Crippen molar-refractivity contribution in [2.45, 2.75) is 26.2 Å². The number of hydrogen-bond donors (Lipinski definition) is 1. The second-order valence-corrected chi connectivity index (χ2v) is 5.67. The van der Waals surface area contributed by atoms with Gasteiger partial charge in [-0.15, -0.1) is 0 Å². The normalized spacial score (nSPS) is 16.1. The van der Waals surface area contributed by atoms with Crippen LogP contribution >= 0.6 is 0 Å². The maximum atomic E-state index is 13.2. The minimum atomic E-state index is -0.265. The van der Waals surface area contributed by atoms with Gasteiger partial charge in [-0.3, -0.25) is 4.79 Å². The largest absolute Gasteiger partial charge is 0.342 e. The standard InChI is InChI=1S/C16H23FN2O/c1-12-11-14(3-4-15(12)17)16(20)19(2)10-7-13-5-8-18-9-6-13/h3-4,11,13,18H,5-10H2,1-2H3. The molecule has 0 bridgehead atoms. The number of hydrogen-bond acceptors (Lipinski definition) is 2. The van der Waals surface area contributed by atoms with Crippen LogP contribution in [0.25, 0.3) is 0 Å². The number of rotatable bonds is 4. The molecule has 0 aliphatic carbocycles. The Morgan fingerprint density at radius 1 is 1.40 bits per heavy atom. The van der Waals surface area contributed by atoms with Gasteiger partial charge in [0.15, 0.2) is 0 Å². The molecule has 1 fully saturated rings. The summed E-state index contributed by atoms with van der Waals surface area (Å²) in [4.78, 5) is 14.0. The van der Waals surface area contributed by atoms with Gasteiger partial charge in [0.2, 0.25) is 0 Å². The van der Waals surface area contributed by atoms with Gasteiger partial charge in [0.25, 0.3) is 5.91 Å². The van der Waals surface area contributed by atoms with E-state index < -0.39 is 0 Å². The number of benzene rings is 1. The molecule has 1 aliphatic heterocycles. The fourth-order valence-corrected chi connectivity index (χ4v) is 2.65. The Bertz CT molecular complexity index is 470. The minimum Gasteiger partial charge on any atom is -0.342 e. The summed E-state index contributed by atoms with van der Waals surface area (Å²) >= 11 is 0. The van der Waals surface area contributed by atoms with Crippen LogP contribution in [0.2, 0.25) is 0 Å². The van der Waals surface area contributed by atoms with E-state index in [1.54, 1.807) is 24.0 Å². The van der Waals surface area contributed by atoms with Crippen molar-refractivity contribution in [2.75, 3.05) is 26.7 Å². The van der Waals surface area contributed by atoms with Crippen LogP contribution in [0.3, 0.4) is 0 Å². The molecule has 110 valence electrons. The Balaban J connectivity index is 1.89. The third-order valence-corrected chi connectivity index (χ3v) is 4.08. The number of carbonyl (C=O) groups excluding carboxylic acids is 1. The second-order valence-electron chi connectivity index (χ2n) is 5.67. The molecular formula is C16H23FN2O. The van der Waals surface area contributed by atoms with Crippen LogP contribution in [0.5, 0.6) is 0 Å². The van der Waals surface area contributed by atoms with E-state index in [0.717, 1.165) is 26.1 Å². The van der Waals surface area contributed by atoms with Gasteiger partial charge in [0.1, 0.15) is 5.82 Å². The van der Waals surface area contributed by atoms with Gasteiger partial charge in [0, 0.05) is 19.2 Å². The Morgan fingerprint density at radius 2 is 2.10 bits per heavy atom. The van der Waals surface area contributed by atoms with Gasteiger partial charge in [0.05, 0.1) is 0 Å². The second kappa shape index (κ2) is 6.84. The molecule has 2 rings (SSSR count). The fourth-order valence-electron chi connectivity index (χ4n) is 2.65. The van der Waals surface area contributed by atoms with Crippen molar-refractivity contribution < 1.29 is 9.18 Å². The molecule has 0 spiro atoms. The maximum absolute atomic E-state index is 13.2. The first-order valence-electron chi connectivity index (χ1n) is 7.30. The van der Waals surface area contributed by atoms with Gasteiger partial charge >= 0.3 is 0 Å². The summed E-state index contributed by atoms with van der Waals surface area (Å²) in [6.45, 7) is 4.61. The molecule has 0 unspecified atom stereocenters. The Morgan fingerprint density at radius 3 is 2.75 bits per heavy atom. The predicted octanol–water partition coefficient (Wildman–Crippen LogP) is 2.60. The molecule has 3 nitrogen and oxygen atoms in total. The van der Waals surface area contributed by atoms with Crippen molar-refractivity contribution in [1.82, 2.24) is 10.2 Å². The third-order valence-electron chi connectivity index (χ3n) is 4.08. The van der Waals surface area contributed by atoms with E-state index >= 15 is 0 Å². The molecule has 0 atom stereocenters. The Kier molecular flexibility index (Phi) is 5.12. The van der Waals surface area contributed by atoms with Crippen LogP contribution in [0.1, 0.15) is 35.2 Å².